The predicted octanol–water partition coefficient (Wildman–Crippen LogP) is 2.88. The molecule has 0 spiro atoms. The number of fused-ring (bicyclic) bond motifs is 1. The highest BCUT2D eigenvalue weighted by molar-refractivity contribution is 5.99. The van der Waals surface area contributed by atoms with Gasteiger partial charge < -0.3 is 19.5 Å². The highest BCUT2D eigenvalue weighted by Gasteiger charge is 2.13. The zero-order chi connectivity index (χ0) is 17.5. The highest BCUT2D eigenvalue weighted by Crippen LogP contribution is 2.24. The Morgan fingerprint density at radius 3 is 2.42 bits per heavy atom. The van der Waals surface area contributed by atoms with E-state index in [9.17, 15) is 9.59 Å². The van der Waals surface area contributed by atoms with E-state index in [0.29, 0.717) is 12.3 Å². The molecule has 2 rings (SSSR count). The number of nitrogens with one attached hydrogen (secondary N) is 1. The molecule has 0 aliphatic heterocycles. The summed E-state index contributed by atoms with van der Waals surface area (Å²) in [5.41, 5.74) is 0.641. The zero-order valence-electron chi connectivity index (χ0n) is 13.8. The number of methoxy groups -OCH3 is 2. The molecule has 0 saturated carbocycles. The number of esters is 2. The van der Waals surface area contributed by atoms with Gasteiger partial charge in [0.25, 0.3) is 0 Å². The number of hydrogen-bond donors (Lipinski definition) is 1. The number of rotatable bonds is 6. The van der Waals surface area contributed by atoms with Crippen LogP contribution in [0.5, 0.6) is 5.75 Å². The molecule has 0 heterocycles. The van der Waals surface area contributed by atoms with Gasteiger partial charge in [0.15, 0.2) is 0 Å². The number of anilines is 1. The molecule has 24 heavy (non-hydrogen) atoms. The van der Waals surface area contributed by atoms with Crippen LogP contribution < -0.4 is 10.1 Å². The number of ether oxygens (including phenoxy) is 3. The van der Waals surface area contributed by atoms with Gasteiger partial charge in [0.05, 0.1) is 26.9 Å². The van der Waals surface area contributed by atoms with E-state index >= 15 is 0 Å². The van der Waals surface area contributed by atoms with E-state index in [0.717, 1.165) is 22.6 Å². The molecule has 0 aliphatic rings. The van der Waals surface area contributed by atoms with Crippen LogP contribution in [0.1, 0.15) is 6.92 Å². The van der Waals surface area contributed by atoms with Crippen LogP contribution >= 0.6 is 0 Å². The van der Waals surface area contributed by atoms with Crippen LogP contribution in [0.15, 0.2) is 48.2 Å². The molecule has 0 radical (unpaired) electrons. The Morgan fingerprint density at radius 1 is 1.04 bits per heavy atom. The first-order chi connectivity index (χ1) is 11.6. The topological polar surface area (TPSA) is 73.9 Å². The Hall–Kier alpha value is -3.02. The monoisotopic (exact) mass is 329 g/mol. The zero-order valence-corrected chi connectivity index (χ0v) is 13.8. The maximum atomic E-state index is 11.8. The molecule has 0 bridgehead atoms. The fourth-order valence-corrected chi connectivity index (χ4v) is 2.15. The fraction of sp³-hybridized carbons (Fsp3) is 0.222. The SMILES string of the molecule is CCOc1ccc2cc(N/C(=C/C(=O)OC)C(=O)OC)ccc2c1. The van der Waals surface area contributed by atoms with Crippen LogP contribution in [0.4, 0.5) is 5.69 Å². The molecule has 0 unspecified atom stereocenters. The van der Waals surface area contributed by atoms with Gasteiger partial charge in [0, 0.05) is 5.69 Å². The van der Waals surface area contributed by atoms with Crippen molar-refractivity contribution in [1.29, 1.82) is 0 Å². The van der Waals surface area contributed by atoms with Crippen molar-refractivity contribution in [2.75, 3.05) is 26.1 Å². The summed E-state index contributed by atoms with van der Waals surface area (Å²) in [6.45, 7) is 2.53. The van der Waals surface area contributed by atoms with E-state index in [4.69, 9.17) is 4.74 Å². The second kappa shape index (κ2) is 8.01. The van der Waals surface area contributed by atoms with Gasteiger partial charge in [-0.05, 0) is 42.0 Å². The second-order valence-electron chi connectivity index (χ2n) is 4.85. The third-order valence-electron chi connectivity index (χ3n) is 3.27. The molecule has 2 aromatic rings. The van der Waals surface area contributed by atoms with Crippen LogP contribution in [-0.2, 0) is 19.1 Å². The normalized spacial score (nSPS) is 11.0. The van der Waals surface area contributed by atoms with E-state index in [1.165, 1.54) is 14.2 Å². The first-order valence-corrected chi connectivity index (χ1v) is 7.39. The lowest BCUT2D eigenvalue weighted by atomic mass is 10.1. The summed E-state index contributed by atoms with van der Waals surface area (Å²) < 4.78 is 14.7. The second-order valence-corrected chi connectivity index (χ2v) is 4.85. The summed E-state index contributed by atoms with van der Waals surface area (Å²) in [7, 11) is 2.48. The Morgan fingerprint density at radius 2 is 1.75 bits per heavy atom. The van der Waals surface area contributed by atoms with Crippen molar-refractivity contribution in [3.63, 3.8) is 0 Å². The smallest absolute Gasteiger partial charge is 0.354 e. The van der Waals surface area contributed by atoms with E-state index in [-0.39, 0.29) is 5.70 Å². The van der Waals surface area contributed by atoms with Crippen molar-refractivity contribution >= 4 is 28.4 Å². The summed E-state index contributed by atoms with van der Waals surface area (Å²) in [5.74, 6) is -0.510. The first-order valence-electron chi connectivity index (χ1n) is 7.39. The fourth-order valence-electron chi connectivity index (χ4n) is 2.15. The quantitative estimate of drug-likeness (QED) is 0.649. The van der Waals surface area contributed by atoms with Gasteiger partial charge in [-0.1, -0.05) is 12.1 Å². The van der Waals surface area contributed by atoms with Crippen LogP contribution in [-0.4, -0.2) is 32.8 Å². The van der Waals surface area contributed by atoms with Gasteiger partial charge in [0.2, 0.25) is 0 Å². The van der Waals surface area contributed by atoms with Crippen LogP contribution in [0.3, 0.4) is 0 Å². The molecule has 0 aliphatic carbocycles. The van der Waals surface area contributed by atoms with Crippen LogP contribution in [0, 0.1) is 0 Å². The minimum absolute atomic E-state index is 0.00497. The molecule has 6 nitrogen and oxygen atoms in total. The lowest BCUT2D eigenvalue weighted by Crippen LogP contribution is -2.15. The standard InChI is InChI=1S/C18H19NO5/c1-4-24-15-8-6-12-9-14(7-5-13(12)10-15)19-16(18(21)23-3)11-17(20)22-2/h5-11,19H,4H2,1-3H3/b16-11+. The average molecular weight is 329 g/mol. The van der Waals surface area contributed by atoms with Gasteiger partial charge in [-0.2, -0.15) is 0 Å². The molecule has 0 aromatic heterocycles. The molecule has 0 saturated heterocycles. The van der Waals surface area contributed by atoms with E-state index < -0.39 is 11.9 Å². The summed E-state index contributed by atoms with van der Waals surface area (Å²) in [6, 6.07) is 11.3. The van der Waals surface area contributed by atoms with Crippen molar-refractivity contribution in [3.05, 3.63) is 48.2 Å². The molecule has 6 heteroatoms. The molecular weight excluding hydrogens is 310 g/mol. The predicted molar refractivity (Wildman–Crippen MR) is 90.9 cm³/mol. The average Bonchev–Trinajstić information content (AvgIpc) is 2.60. The Bertz CT molecular complexity index is 782. The van der Waals surface area contributed by atoms with Gasteiger partial charge in [-0.15, -0.1) is 0 Å². The molecule has 1 N–H and O–H groups in total. The number of hydrogen-bond acceptors (Lipinski definition) is 6. The van der Waals surface area contributed by atoms with Gasteiger partial charge in [-0.3, -0.25) is 0 Å². The van der Waals surface area contributed by atoms with Crippen molar-refractivity contribution in [2.45, 2.75) is 6.92 Å². The van der Waals surface area contributed by atoms with Crippen LogP contribution in [0.25, 0.3) is 10.8 Å². The lowest BCUT2D eigenvalue weighted by molar-refractivity contribution is -0.138. The van der Waals surface area contributed by atoms with Crippen LogP contribution in [0.2, 0.25) is 0 Å². The number of benzene rings is 2. The number of carbonyl (C=O) groups excluding carboxylic acids is 2. The van der Waals surface area contributed by atoms with E-state index in [1.54, 1.807) is 6.07 Å². The van der Waals surface area contributed by atoms with E-state index in [2.05, 4.69) is 14.8 Å². The minimum Gasteiger partial charge on any atom is -0.494 e. The summed E-state index contributed by atoms with van der Waals surface area (Å²) in [4.78, 5) is 23.2. The van der Waals surface area contributed by atoms with Gasteiger partial charge in [0.1, 0.15) is 11.4 Å². The number of carbonyl (C=O) groups is 2. The molecule has 0 fully saturated rings. The molecule has 2 aromatic carbocycles. The summed E-state index contributed by atoms with van der Waals surface area (Å²) in [5, 5.41) is 4.85. The summed E-state index contributed by atoms with van der Waals surface area (Å²) in [6.07, 6.45) is 1.05. The van der Waals surface area contributed by atoms with Crippen molar-refractivity contribution in [1.82, 2.24) is 0 Å². The van der Waals surface area contributed by atoms with Gasteiger partial charge in [-0.25, -0.2) is 9.59 Å². The maximum Gasteiger partial charge on any atom is 0.354 e. The molecule has 126 valence electrons. The van der Waals surface area contributed by atoms with Crippen molar-refractivity contribution < 1.29 is 23.8 Å². The Labute approximate surface area is 140 Å². The largest absolute Gasteiger partial charge is 0.494 e. The summed E-state index contributed by atoms with van der Waals surface area (Å²) >= 11 is 0. The first kappa shape index (κ1) is 17.3. The Kier molecular flexibility index (Phi) is 5.78. The minimum atomic E-state index is -0.660. The highest BCUT2D eigenvalue weighted by atomic mass is 16.5. The molecule has 0 amide bonds. The Balaban J connectivity index is 2.30. The van der Waals surface area contributed by atoms with Crippen molar-refractivity contribution in [2.24, 2.45) is 0 Å². The molecule has 0 atom stereocenters. The molecular formula is C18H19NO5. The third-order valence-corrected chi connectivity index (χ3v) is 3.27. The maximum absolute atomic E-state index is 11.8. The van der Waals surface area contributed by atoms with E-state index in [1.807, 2.05) is 37.3 Å². The third kappa shape index (κ3) is 4.25. The lowest BCUT2D eigenvalue weighted by Gasteiger charge is -2.10. The van der Waals surface area contributed by atoms with Crippen molar-refractivity contribution in [3.8, 4) is 5.75 Å². The van der Waals surface area contributed by atoms with Gasteiger partial charge >= 0.3 is 11.9 Å².